The molecule has 21 heteroatoms. The van der Waals surface area contributed by atoms with Crippen LogP contribution in [-0.2, 0) is 94.8 Å². The molecule has 0 aliphatic carbocycles. The Kier molecular flexibility index (Phi) is 42.2. The van der Waals surface area contributed by atoms with E-state index in [1.165, 1.54) is 0 Å². The van der Waals surface area contributed by atoms with E-state index in [9.17, 15) is 9.59 Å². The van der Waals surface area contributed by atoms with Crippen LogP contribution in [0, 0.1) is 5.41 Å². The molecular weight excluding hydrogens is 804 g/mol. The van der Waals surface area contributed by atoms with Crippen LogP contribution in [0.15, 0.2) is 0 Å². The van der Waals surface area contributed by atoms with Gasteiger partial charge in [0.2, 0.25) is 0 Å². The maximum atomic E-state index is 12.1. The first kappa shape index (κ1) is 56.1. The number of hydrogen-bond donors (Lipinski definition) is 0. The molecule has 0 aromatic carbocycles. The molecule has 60 heavy (non-hydrogen) atoms. The minimum Gasteiger partial charge on any atom is -0.463 e. The van der Waals surface area contributed by atoms with Crippen molar-refractivity contribution < 1.29 is 99.6 Å². The van der Waals surface area contributed by atoms with Gasteiger partial charge in [-0.3, -0.25) is 4.79 Å². The Morgan fingerprint density at radius 3 is 0.750 bits per heavy atom. The zero-order valence-corrected chi connectivity index (χ0v) is 36.1. The van der Waals surface area contributed by atoms with Crippen LogP contribution in [-0.4, -0.2) is 244 Å². The monoisotopic (exact) mass is 878 g/mol. The molecule has 0 unspecified atom stereocenters. The summed E-state index contributed by atoms with van der Waals surface area (Å²) in [6.07, 6.45) is -0.786. The Balaban J connectivity index is 1.62. The molecule has 0 saturated carbocycles. The van der Waals surface area contributed by atoms with Gasteiger partial charge in [0.1, 0.15) is 25.2 Å². The molecule has 1 fully saturated rings. The number of ether oxygens (including phenoxy) is 19. The summed E-state index contributed by atoms with van der Waals surface area (Å²) in [7, 11) is 1.64. The van der Waals surface area contributed by atoms with Crippen LogP contribution in [0.1, 0.15) is 6.92 Å². The van der Waals surface area contributed by atoms with Gasteiger partial charge in [0.05, 0.1) is 205 Å². The fraction of sp³-hybridized carbons (Fsp3) is 0.949. The van der Waals surface area contributed by atoms with Gasteiger partial charge in [-0.25, -0.2) is 4.79 Å². The van der Waals surface area contributed by atoms with Crippen LogP contribution >= 0.6 is 0 Å². The highest BCUT2D eigenvalue weighted by molar-refractivity contribution is 5.78. The van der Waals surface area contributed by atoms with E-state index < -0.39 is 17.5 Å². The highest BCUT2D eigenvalue weighted by Gasteiger charge is 2.41. The van der Waals surface area contributed by atoms with Crippen molar-refractivity contribution >= 4 is 12.1 Å². The fourth-order valence-electron chi connectivity index (χ4n) is 4.33. The van der Waals surface area contributed by atoms with Gasteiger partial charge in [0.25, 0.3) is 0 Å². The quantitative estimate of drug-likeness (QED) is 0.0605. The van der Waals surface area contributed by atoms with Crippen LogP contribution in [0.5, 0.6) is 0 Å². The number of methoxy groups -OCH3 is 1. The third kappa shape index (κ3) is 39.0. The summed E-state index contributed by atoms with van der Waals surface area (Å²) in [5.74, 6) is -0.504. The molecule has 1 heterocycles. The van der Waals surface area contributed by atoms with E-state index in [0.717, 1.165) is 0 Å². The molecule has 0 bridgehead atoms. The van der Waals surface area contributed by atoms with Gasteiger partial charge in [-0.05, 0) is 6.92 Å². The molecule has 0 N–H and O–H groups in total. The van der Waals surface area contributed by atoms with Crippen molar-refractivity contribution in [2.45, 2.75) is 6.92 Å². The van der Waals surface area contributed by atoms with Crippen molar-refractivity contribution in [1.82, 2.24) is 0 Å². The average molecular weight is 879 g/mol. The molecule has 1 rings (SSSR count). The Hall–Kier alpha value is -1.90. The van der Waals surface area contributed by atoms with Gasteiger partial charge in [-0.1, -0.05) is 0 Å². The second kappa shape index (κ2) is 45.1. The topological polar surface area (TPSA) is 210 Å². The lowest BCUT2D eigenvalue weighted by atomic mass is 9.93. The molecule has 1 saturated heterocycles. The molecule has 0 radical (unpaired) electrons. The number of cyclic esters (lactones) is 2. The molecule has 0 atom stereocenters. The van der Waals surface area contributed by atoms with Crippen LogP contribution in [0.4, 0.5) is 4.79 Å². The van der Waals surface area contributed by atoms with Gasteiger partial charge in [-0.2, -0.15) is 0 Å². The summed E-state index contributed by atoms with van der Waals surface area (Å²) >= 11 is 0. The van der Waals surface area contributed by atoms with Gasteiger partial charge < -0.3 is 90.0 Å². The van der Waals surface area contributed by atoms with Gasteiger partial charge in [-0.15, -0.1) is 0 Å². The normalized spacial score (nSPS) is 13.7. The molecule has 0 spiro atoms. The van der Waals surface area contributed by atoms with Crippen molar-refractivity contribution in [1.29, 1.82) is 0 Å². The lowest BCUT2D eigenvalue weighted by Crippen LogP contribution is -2.44. The van der Waals surface area contributed by atoms with Crippen LogP contribution in [0.2, 0.25) is 0 Å². The van der Waals surface area contributed by atoms with Crippen LogP contribution < -0.4 is 0 Å². The Morgan fingerprint density at radius 1 is 0.367 bits per heavy atom. The second-order valence-corrected chi connectivity index (χ2v) is 12.7. The largest absolute Gasteiger partial charge is 0.508 e. The Morgan fingerprint density at radius 2 is 0.550 bits per heavy atom. The van der Waals surface area contributed by atoms with E-state index in [1.807, 2.05) is 0 Å². The van der Waals surface area contributed by atoms with Crippen molar-refractivity contribution in [3.8, 4) is 0 Å². The number of rotatable bonds is 49. The summed E-state index contributed by atoms with van der Waals surface area (Å²) < 4.78 is 101. The SMILES string of the molecule is COCCOCCOCCOCCOCCOCCOCCOCCOCCOCCOCCOCCOCCOCCOCCOCCOC(=O)C1(C)COC(=O)OC1. The van der Waals surface area contributed by atoms with Crippen molar-refractivity contribution in [2.24, 2.45) is 5.41 Å². The summed E-state index contributed by atoms with van der Waals surface area (Å²) in [6.45, 7) is 16.3. The summed E-state index contributed by atoms with van der Waals surface area (Å²) in [4.78, 5) is 23.1. The third-order valence-electron chi connectivity index (χ3n) is 7.61. The van der Waals surface area contributed by atoms with Crippen molar-refractivity contribution in [3.05, 3.63) is 0 Å². The van der Waals surface area contributed by atoms with Crippen LogP contribution in [0.3, 0.4) is 0 Å². The molecule has 0 aromatic rings. The first-order valence-electron chi connectivity index (χ1n) is 20.7. The number of hydrogen-bond acceptors (Lipinski definition) is 21. The first-order chi connectivity index (χ1) is 29.6. The average Bonchev–Trinajstić information content (AvgIpc) is 3.25. The summed E-state index contributed by atoms with van der Waals surface area (Å²) in [6, 6.07) is 0. The lowest BCUT2D eigenvalue weighted by molar-refractivity contribution is -0.167. The lowest BCUT2D eigenvalue weighted by Gasteiger charge is -2.29. The van der Waals surface area contributed by atoms with Gasteiger partial charge in [0.15, 0.2) is 0 Å². The van der Waals surface area contributed by atoms with E-state index in [2.05, 4.69) is 0 Å². The zero-order valence-electron chi connectivity index (χ0n) is 36.1. The van der Waals surface area contributed by atoms with E-state index >= 15 is 0 Å². The molecule has 1 aliphatic rings. The number of esters is 1. The third-order valence-corrected chi connectivity index (χ3v) is 7.61. The minimum atomic E-state index is -1.01. The molecule has 0 aromatic heterocycles. The molecule has 1 aliphatic heterocycles. The smallest absolute Gasteiger partial charge is 0.463 e. The minimum absolute atomic E-state index is 0.0738. The van der Waals surface area contributed by atoms with Crippen molar-refractivity contribution in [2.75, 3.05) is 232 Å². The van der Waals surface area contributed by atoms with E-state index in [-0.39, 0.29) is 26.4 Å². The Bertz CT molecular complexity index is 909. The zero-order chi connectivity index (χ0) is 43.1. The van der Waals surface area contributed by atoms with Crippen LogP contribution in [0.25, 0.3) is 0 Å². The number of carbonyl (C=O) groups excluding carboxylic acids is 2. The fourth-order valence-corrected chi connectivity index (χ4v) is 4.33. The maximum Gasteiger partial charge on any atom is 0.508 e. The molecule has 21 nitrogen and oxygen atoms in total. The van der Waals surface area contributed by atoms with E-state index in [1.54, 1.807) is 14.0 Å². The number of carbonyl (C=O) groups is 2. The highest BCUT2D eigenvalue weighted by atomic mass is 16.7. The second-order valence-electron chi connectivity index (χ2n) is 12.7. The van der Waals surface area contributed by atoms with Gasteiger partial charge in [0, 0.05) is 7.11 Å². The van der Waals surface area contributed by atoms with E-state index in [0.29, 0.717) is 198 Å². The molecule has 356 valence electrons. The summed E-state index contributed by atoms with van der Waals surface area (Å²) in [5, 5.41) is 0. The predicted molar refractivity (Wildman–Crippen MR) is 211 cm³/mol. The van der Waals surface area contributed by atoms with Crippen molar-refractivity contribution in [3.63, 3.8) is 0 Å². The predicted octanol–water partition coefficient (Wildman–Crippen LogP) is 0.598. The standard InChI is InChI=1S/C39H74O21/c1-39(35-59-38(41)60-36-39)37(40)58-34-33-57-32-31-56-30-29-55-28-27-54-26-25-53-24-23-52-22-21-51-20-19-50-18-17-49-16-15-48-14-13-47-12-11-46-10-9-45-8-7-44-6-5-43-4-3-42-2/h3-36H2,1-2H3. The maximum absolute atomic E-state index is 12.1. The molecular formula is C39H74O21. The first-order valence-corrected chi connectivity index (χ1v) is 20.7. The van der Waals surface area contributed by atoms with Gasteiger partial charge >= 0.3 is 12.1 Å². The Labute approximate surface area is 355 Å². The molecule has 0 amide bonds. The highest BCUT2D eigenvalue weighted by Crippen LogP contribution is 2.23. The van der Waals surface area contributed by atoms with E-state index in [4.69, 9.17) is 90.0 Å². The summed E-state index contributed by atoms with van der Waals surface area (Å²) in [5.41, 5.74) is -1.01.